The van der Waals surface area contributed by atoms with E-state index in [0.29, 0.717) is 18.7 Å². The Kier molecular flexibility index (Phi) is 4.18. The minimum atomic E-state index is -0.726. The number of hydrogen-bond acceptors (Lipinski definition) is 3. The van der Waals surface area contributed by atoms with Gasteiger partial charge >= 0.3 is 0 Å². The molecule has 2 N–H and O–H groups in total. The van der Waals surface area contributed by atoms with Crippen molar-refractivity contribution in [1.29, 1.82) is 0 Å². The topological polar surface area (TPSA) is 41.5 Å². The van der Waals surface area contributed by atoms with Crippen molar-refractivity contribution < 1.29 is 14.2 Å². The van der Waals surface area contributed by atoms with E-state index >= 15 is 0 Å². The average molecular weight is 287 g/mol. The van der Waals surface area contributed by atoms with Gasteiger partial charge in [0.05, 0.1) is 12.7 Å². The van der Waals surface area contributed by atoms with E-state index in [1.807, 2.05) is 24.3 Å². The standard InChI is InChI=1S/C17H18FNO2/c18-13-5-3-4-12(10-13)16(20)11-19-15-8-9-21-17-7-2-1-6-14(15)17/h1-7,10,15-16,19-20H,8-9,11H2. The fraction of sp³-hybridized carbons (Fsp3) is 0.294. The van der Waals surface area contributed by atoms with Crippen LogP contribution in [-0.4, -0.2) is 18.3 Å². The summed E-state index contributed by atoms with van der Waals surface area (Å²) in [6.45, 7) is 1.03. The number of aliphatic hydroxyl groups excluding tert-OH is 1. The van der Waals surface area contributed by atoms with E-state index in [2.05, 4.69) is 5.32 Å². The van der Waals surface area contributed by atoms with Gasteiger partial charge in [0.15, 0.2) is 0 Å². The molecule has 0 radical (unpaired) electrons. The maximum atomic E-state index is 13.2. The fourth-order valence-corrected chi connectivity index (χ4v) is 2.64. The van der Waals surface area contributed by atoms with Crippen LogP contribution < -0.4 is 10.1 Å². The predicted molar refractivity (Wildman–Crippen MR) is 78.7 cm³/mol. The summed E-state index contributed by atoms with van der Waals surface area (Å²) in [5.41, 5.74) is 1.69. The first-order valence-electron chi connectivity index (χ1n) is 7.12. The van der Waals surface area contributed by atoms with E-state index in [0.717, 1.165) is 17.7 Å². The Morgan fingerprint density at radius 1 is 1.24 bits per heavy atom. The summed E-state index contributed by atoms with van der Waals surface area (Å²) in [5.74, 6) is 0.560. The summed E-state index contributed by atoms with van der Waals surface area (Å²) in [5, 5.41) is 13.5. The molecule has 0 spiro atoms. The van der Waals surface area contributed by atoms with Crippen molar-refractivity contribution in [3.05, 3.63) is 65.5 Å². The third kappa shape index (κ3) is 3.23. The molecule has 4 heteroatoms. The van der Waals surface area contributed by atoms with Crippen molar-refractivity contribution in [2.24, 2.45) is 0 Å². The van der Waals surface area contributed by atoms with Crippen molar-refractivity contribution in [3.8, 4) is 5.75 Å². The number of nitrogens with one attached hydrogen (secondary N) is 1. The van der Waals surface area contributed by atoms with Crippen molar-refractivity contribution in [2.75, 3.05) is 13.2 Å². The van der Waals surface area contributed by atoms with E-state index < -0.39 is 6.10 Å². The molecule has 1 aliphatic rings. The predicted octanol–water partition coefficient (Wildman–Crippen LogP) is 2.97. The van der Waals surface area contributed by atoms with Gasteiger partial charge in [-0.05, 0) is 23.8 Å². The minimum Gasteiger partial charge on any atom is -0.493 e. The lowest BCUT2D eigenvalue weighted by Gasteiger charge is -2.27. The zero-order chi connectivity index (χ0) is 14.7. The summed E-state index contributed by atoms with van der Waals surface area (Å²) < 4.78 is 18.8. The third-order valence-electron chi connectivity index (χ3n) is 3.75. The smallest absolute Gasteiger partial charge is 0.124 e. The molecule has 2 aromatic rings. The number of fused-ring (bicyclic) bond motifs is 1. The van der Waals surface area contributed by atoms with Crippen LogP contribution in [0.4, 0.5) is 4.39 Å². The van der Waals surface area contributed by atoms with E-state index in [1.54, 1.807) is 12.1 Å². The molecule has 2 atom stereocenters. The van der Waals surface area contributed by atoms with Crippen molar-refractivity contribution >= 4 is 0 Å². The number of halogens is 1. The molecule has 0 bridgehead atoms. The highest BCUT2D eigenvalue weighted by molar-refractivity contribution is 5.37. The molecule has 3 nitrogen and oxygen atoms in total. The average Bonchev–Trinajstić information content (AvgIpc) is 2.52. The fourth-order valence-electron chi connectivity index (χ4n) is 2.64. The van der Waals surface area contributed by atoms with E-state index in [1.165, 1.54) is 12.1 Å². The third-order valence-corrected chi connectivity index (χ3v) is 3.75. The number of benzene rings is 2. The number of para-hydroxylation sites is 1. The molecule has 0 aromatic heterocycles. The van der Waals surface area contributed by atoms with Gasteiger partial charge in [0.2, 0.25) is 0 Å². The Morgan fingerprint density at radius 2 is 2.10 bits per heavy atom. The summed E-state index contributed by atoms with van der Waals surface area (Å²) in [7, 11) is 0. The molecule has 3 rings (SSSR count). The highest BCUT2D eigenvalue weighted by atomic mass is 19.1. The maximum Gasteiger partial charge on any atom is 0.124 e. The summed E-state index contributed by atoms with van der Waals surface area (Å²) in [4.78, 5) is 0. The molecular formula is C17H18FNO2. The van der Waals surface area contributed by atoms with Gasteiger partial charge in [-0.25, -0.2) is 4.39 Å². The Morgan fingerprint density at radius 3 is 2.95 bits per heavy atom. The van der Waals surface area contributed by atoms with Gasteiger partial charge in [0.25, 0.3) is 0 Å². The number of hydrogen-bond donors (Lipinski definition) is 2. The van der Waals surface area contributed by atoms with E-state index in [4.69, 9.17) is 4.74 Å². The van der Waals surface area contributed by atoms with Gasteiger partial charge in [0.1, 0.15) is 11.6 Å². The largest absolute Gasteiger partial charge is 0.493 e. The molecule has 2 aromatic carbocycles. The second-order valence-electron chi connectivity index (χ2n) is 5.21. The number of rotatable bonds is 4. The van der Waals surface area contributed by atoms with Crippen LogP contribution in [0.3, 0.4) is 0 Å². The monoisotopic (exact) mass is 287 g/mol. The first-order chi connectivity index (χ1) is 10.2. The summed E-state index contributed by atoms with van der Waals surface area (Å²) in [6, 6.07) is 14.1. The molecule has 0 fully saturated rings. The molecule has 110 valence electrons. The molecule has 1 heterocycles. The van der Waals surface area contributed by atoms with Gasteiger partial charge in [-0.2, -0.15) is 0 Å². The van der Waals surface area contributed by atoms with Crippen LogP contribution in [0.25, 0.3) is 0 Å². The first-order valence-corrected chi connectivity index (χ1v) is 7.12. The van der Waals surface area contributed by atoms with E-state index in [9.17, 15) is 9.50 Å². The molecular weight excluding hydrogens is 269 g/mol. The van der Waals surface area contributed by atoms with Gasteiger partial charge in [0, 0.05) is 24.6 Å². The summed E-state index contributed by atoms with van der Waals surface area (Å²) >= 11 is 0. The molecule has 1 aliphatic heterocycles. The zero-order valence-corrected chi connectivity index (χ0v) is 11.6. The lowest BCUT2D eigenvalue weighted by molar-refractivity contribution is 0.162. The van der Waals surface area contributed by atoms with Crippen LogP contribution in [0.5, 0.6) is 5.75 Å². The van der Waals surface area contributed by atoms with Crippen LogP contribution in [0.15, 0.2) is 48.5 Å². The Bertz CT molecular complexity index is 617. The van der Waals surface area contributed by atoms with Crippen LogP contribution >= 0.6 is 0 Å². The Balaban J connectivity index is 1.66. The van der Waals surface area contributed by atoms with Crippen LogP contribution in [0.1, 0.15) is 29.7 Å². The van der Waals surface area contributed by atoms with Crippen LogP contribution in [-0.2, 0) is 0 Å². The van der Waals surface area contributed by atoms with E-state index in [-0.39, 0.29) is 11.9 Å². The highest BCUT2D eigenvalue weighted by Gasteiger charge is 2.21. The second-order valence-corrected chi connectivity index (χ2v) is 5.21. The maximum absolute atomic E-state index is 13.2. The van der Waals surface area contributed by atoms with Gasteiger partial charge in [-0.1, -0.05) is 30.3 Å². The quantitative estimate of drug-likeness (QED) is 0.908. The molecule has 21 heavy (non-hydrogen) atoms. The zero-order valence-electron chi connectivity index (χ0n) is 11.6. The van der Waals surface area contributed by atoms with Crippen molar-refractivity contribution in [1.82, 2.24) is 5.32 Å². The van der Waals surface area contributed by atoms with Gasteiger partial charge in [-0.3, -0.25) is 0 Å². The highest BCUT2D eigenvalue weighted by Crippen LogP contribution is 2.31. The van der Waals surface area contributed by atoms with Crippen LogP contribution in [0, 0.1) is 5.82 Å². The SMILES string of the molecule is OC(CNC1CCOc2ccccc21)c1cccc(F)c1. The Labute approximate surface area is 123 Å². The summed E-state index contributed by atoms with van der Waals surface area (Å²) in [6.07, 6.45) is 0.128. The molecule has 0 saturated heterocycles. The molecule has 0 amide bonds. The van der Waals surface area contributed by atoms with Gasteiger partial charge in [-0.15, -0.1) is 0 Å². The second kappa shape index (κ2) is 6.24. The number of aliphatic hydroxyl groups is 1. The van der Waals surface area contributed by atoms with Gasteiger partial charge < -0.3 is 15.2 Å². The number of ether oxygens (including phenoxy) is 1. The normalized spacial score (nSPS) is 18.7. The van der Waals surface area contributed by atoms with Crippen molar-refractivity contribution in [3.63, 3.8) is 0 Å². The van der Waals surface area contributed by atoms with Crippen molar-refractivity contribution in [2.45, 2.75) is 18.6 Å². The minimum absolute atomic E-state index is 0.151. The van der Waals surface area contributed by atoms with Crippen LogP contribution in [0.2, 0.25) is 0 Å². The molecule has 0 aliphatic carbocycles. The lowest BCUT2D eigenvalue weighted by atomic mass is 10.00. The first kappa shape index (κ1) is 14.0. The molecule has 0 saturated carbocycles. The molecule has 2 unspecified atom stereocenters. The Hall–Kier alpha value is -1.91. The lowest BCUT2D eigenvalue weighted by Crippen LogP contribution is -2.30.